The van der Waals surface area contributed by atoms with Crippen LogP contribution in [-0.2, 0) is 11.3 Å². The number of aromatic nitrogens is 2. The molecule has 5 rings (SSSR count). The summed E-state index contributed by atoms with van der Waals surface area (Å²) in [5, 5.41) is 3.57. The van der Waals surface area contributed by atoms with E-state index in [0.29, 0.717) is 24.3 Å². The number of fused-ring (bicyclic) bond motifs is 1. The Morgan fingerprint density at radius 2 is 1.64 bits per heavy atom. The number of thiophene rings is 1. The molecule has 0 saturated carbocycles. The molecule has 0 aliphatic carbocycles. The number of nitrogens with zero attached hydrogens (tertiary/aromatic N) is 3. The van der Waals surface area contributed by atoms with Crippen molar-refractivity contribution in [1.82, 2.24) is 19.8 Å². The van der Waals surface area contributed by atoms with E-state index in [2.05, 4.69) is 20.1 Å². The molecule has 1 aliphatic rings. The number of carbonyl (C=O) groups is 1. The Morgan fingerprint density at radius 1 is 0.970 bits per heavy atom. The largest absolute Gasteiger partial charge is 0.325 e. The summed E-state index contributed by atoms with van der Waals surface area (Å²) in [6.45, 7) is 4.20. The number of piperazine rings is 1. The van der Waals surface area contributed by atoms with Crippen molar-refractivity contribution in [2.75, 3.05) is 38.0 Å². The minimum Gasteiger partial charge on any atom is -0.325 e. The van der Waals surface area contributed by atoms with Gasteiger partial charge < -0.3 is 10.3 Å². The summed E-state index contributed by atoms with van der Waals surface area (Å²) in [5.41, 5.74) is 1.81. The van der Waals surface area contributed by atoms with E-state index in [0.717, 1.165) is 47.1 Å². The average Bonchev–Trinajstić information content (AvgIpc) is 3.26. The van der Waals surface area contributed by atoms with Crippen molar-refractivity contribution < 1.29 is 4.79 Å². The van der Waals surface area contributed by atoms with Crippen molar-refractivity contribution in [3.63, 3.8) is 0 Å². The van der Waals surface area contributed by atoms with Gasteiger partial charge in [0.25, 0.3) is 5.56 Å². The second-order valence-electron chi connectivity index (χ2n) is 8.17. The monoisotopic (exact) mass is 459 g/mol. The molecule has 0 bridgehead atoms. The lowest BCUT2D eigenvalue weighted by Gasteiger charge is -2.33. The van der Waals surface area contributed by atoms with Crippen LogP contribution in [0, 0.1) is 0 Å². The summed E-state index contributed by atoms with van der Waals surface area (Å²) in [7, 11) is 0. The molecule has 4 aromatic rings. The number of amides is 1. The van der Waals surface area contributed by atoms with Crippen molar-refractivity contribution >= 4 is 33.1 Å². The first-order valence-electron chi connectivity index (χ1n) is 11.0. The Hall–Kier alpha value is -3.33. The number of rotatable bonds is 6. The molecule has 2 N–H and O–H groups in total. The molecule has 0 spiro atoms. The first-order chi connectivity index (χ1) is 16.1. The molecular formula is C25H25N5O2S. The molecule has 7 nitrogen and oxygen atoms in total. The molecule has 2 aromatic carbocycles. The number of hydrogen-bond acceptors (Lipinski definition) is 6. The van der Waals surface area contributed by atoms with Crippen LogP contribution in [0.5, 0.6) is 0 Å². The van der Waals surface area contributed by atoms with E-state index in [-0.39, 0.29) is 11.5 Å². The quantitative estimate of drug-likeness (QED) is 0.462. The fraction of sp³-hybridized carbons (Fsp3) is 0.240. The number of anilines is 1. The molecular weight excluding hydrogens is 434 g/mol. The molecule has 8 heteroatoms. The second-order valence-corrected chi connectivity index (χ2v) is 9.21. The van der Waals surface area contributed by atoms with E-state index in [1.165, 1.54) is 0 Å². The van der Waals surface area contributed by atoms with Gasteiger partial charge in [-0.25, -0.2) is 4.98 Å². The number of H-pyrrole nitrogens is 1. The smallest absolute Gasteiger partial charge is 0.259 e. The van der Waals surface area contributed by atoms with Crippen LogP contribution in [0.15, 0.2) is 71.5 Å². The molecule has 1 fully saturated rings. The van der Waals surface area contributed by atoms with Gasteiger partial charge in [-0.1, -0.05) is 48.5 Å². The lowest BCUT2D eigenvalue weighted by Crippen LogP contribution is -2.48. The van der Waals surface area contributed by atoms with Gasteiger partial charge in [0.2, 0.25) is 5.91 Å². The maximum atomic E-state index is 12.6. The van der Waals surface area contributed by atoms with Gasteiger partial charge >= 0.3 is 0 Å². The van der Waals surface area contributed by atoms with Crippen LogP contribution in [0.1, 0.15) is 5.82 Å². The van der Waals surface area contributed by atoms with E-state index in [1.54, 1.807) is 11.3 Å². The fourth-order valence-electron chi connectivity index (χ4n) is 4.04. The minimum absolute atomic E-state index is 0.00184. The third-order valence-electron chi connectivity index (χ3n) is 5.77. The van der Waals surface area contributed by atoms with E-state index < -0.39 is 0 Å². The third-order valence-corrected chi connectivity index (χ3v) is 6.85. The SMILES string of the molecule is O=C(CN1CCN(Cc2nc3sc(-c4ccccc4)cc3c(=O)[nH]2)CC1)Nc1ccccc1. The van der Waals surface area contributed by atoms with Crippen LogP contribution in [0.2, 0.25) is 0 Å². The molecule has 1 amide bonds. The molecule has 3 heterocycles. The zero-order valence-electron chi connectivity index (χ0n) is 18.2. The van der Waals surface area contributed by atoms with E-state index in [4.69, 9.17) is 4.98 Å². The predicted octanol–water partition coefficient (Wildman–Crippen LogP) is 3.41. The maximum absolute atomic E-state index is 12.6. The summed E-state index contributed by atoms with van der Waals surface area (Å²) in [4.78, 5) is 38.9. The molecule has 1 saturated heterocycles. The number of aromatic amines is 1. The van der Waals surface area contributed by atoms with Crippen molar-refractivity contribution in [2.45, 2.75) is 6.54 Å². The average molecular weight is 460 g/mol. The zero-order chi connectivity index (χ0) is 22.6. The highest BCUT2D eigenvalue weighted by atomic mass is 32.1. The van der Waals surface area contributed by atoms with Gasteiger partial charge in [0.1, 0.15) is 10.7 Å². The van der Waals surface area contributed by atoms with Crippen molar-refractivity contribution in [1.29, 1.82) is 0 Å². The van der Waals surface area contributed by atoms with Crippen LogP contribution in [0.25, 0.3) is 20.7 Å². The lowest BCUT2D eigenvalue weighted by atomic mass is 10.2. The molecule has 2 aromatic heterocycles. The Morgan fingerprint density at radius 3 is 2.36 bits per heavy atom. The van der Waals surface area contributed by atoms with Gasteiger partial charge in [0.05, 0.1) is 18.5 Å². The van der Waals surface area contributed by atoms with Crippen molar-refractivity contribution in [3.05, 3.63) is 82.9 Å². The highest BCUT2D eigenvalue weighted by molar-refractivity contribution is 7.21. The van der Waals surface area contributed by atoms with E-state index in [9.17, 15) is 9.59 Å². The van der Waals surface area contributed by atoms with Crippen LogP contribution in [-0.4, -0.2) is 58.4 Å². The Balaban J connectivity index is 1.19. The normalized spacial score (nSPS) is 15.0. The summed E-state index contributed by atoms with van der Waals surface area (Å²) in [6, 6.07) is 21.5. The lowest BCUT2D eigenvalue weighted by molar-refractivity contribution is -0.117. The highest BCUT2D eigenvalue weighted by Gasteiger charge is 2.20. The predicted molar refractivity (Wildman–Crippen MR) is 132 cm³/mol. The number of nitrogens with one attached hydrogen (secondary N) is 2. The number of carbonyl (C=O) groups excluding carboxylic acids is 1. The van der Waals surface area contributed by atoms with Gasteiger partial charge in [0.15, 0.2) is 0 Å². The summed E-state index contributed by atoms with van der Waals surface area (Å²) in [5.74, 6) is 0.683. The van der Waals surface area contributed by atoms with Gasteiger partial charge in [-0.15, -0.1) is 11.3 Å². The standard InChI is InChI=1S/C25H25N5O2S/c31-23(26-19-9-5-2-6-10-19)17-30-13-11-29(12-14-30)16-22-27-24(32)20-15-21(33-25(20)28-22)18-7-3-1-4-8-18/h1-10,15H,11-14,16-17H2,(H,26,31)(H,27,28,32). The van der Waals surface area contributed by atoms with Crippen LogP contribution in [0.3, 0.4) is 0 Å². The molecule has 1 aliphatic heterocycles. The summed E-state index contributed by atoms with van der Waals surface area (Å²) >= 11 is 1.55. The number of para-hydroxylation sites is 1. The molecule has 168 valence electrons. The highest BCUT2D eigenvalue weighted by Crippen LogP contribution is 2.30. The van der Waals surface area contributed by atoms with E-state index >= 15 is 0 Å². The van der Waals surface area contributed by atoms with Gasteiger partial charge in [-0.05, 0) is 23.8 Å². The summed E-state index contributed by atoms with van der Waals surface area (Å²) in [6.07, 6.45) is 0. The zero-order valence-corrected chi connectivity index (χ0v) is 19.0. The first-order valence-corrected chi connectivity index (χ1v) is 11.8. The Kier molecular flexibility index (Phi) is 6.30. The van der Waals surface area contributed by atoms with Crippen LogP contribution >= 0.6 is 11.3 Å². The van der Waals surface area contributed by atoms with Gasteiger partial charge in [-0.2, -0.15) is 0 Å². The second kappa shape index (κ2) is 9.66. The fourth-order valence-corrected chi connectivity index (χ4v) is 5.09. The summed E-state index contributed by atoms with van der Waals surface area (Å²) < 4.78 is 0. The van der Waals surface area contributed by atoms with Gasteiger partial charge in [-0.3, -0.25) is 19.4 Å². The molecule has 0 radical (unpaired) electrons. The Labute approximate surface area is 195 Å². The Bertz CT molecular complexity index is 1290. The van der Waals surface area contributed by atoms with Crippen molar-refractivity contribution in [3.8, 4) is 10.4 Å². The number of hydrogen-bond donors (Lipinski definition) is 2. The van der Waals surface area contributed by atoms with Crippen molar-refractivity contribution in [2.24, 2.45) is 0 Å². The van der Waals surface area contributed by atoms with Crippen LogP contribution < -0.4 is 10.9 Å². The molecule has 0 unspecified atom stereocenters. The molecule has 33 heavy (non-hydrogen) atoms. The topological polar surface area (TPSA) is 81.3 Å². The minimum atomic E-state index is -0.0929. The number of benzene rings is 2. The first kappa shape index (κ1) is 21.5. The molecule has 0 atom stereocenters. The maximum Gasteiger partial charge on any atom is 0.259 e. The van der Waals surface area contributed by atoms with Gasteiger partial charge in [0, 0.05) is 36.7 Å². The third kappa shape index (κ3) is 5.19. The van der Waals surface area contributed by atoms with E-state index in [1.807, 2.05) is 66.7 Å². The van der Waals surface area contributed by atoms with Crippen LogP contribution in [0.4, 0.5) is 5.69 Å².